The first-order valence-corrected chi connectivity index (χ1v) is 12.7. The lowest BCUT2D eigenvalue weighted by molar-refractivity contribution is -0.130. The Labute approximate surface area is 207 Å². The standard InChI is InChI=1S/C26H38N4O5/c1-26(2,3)14-23(31)29-19-9-8-17-10-13-34-21-7-5-4-6-18(21)25(33)30-12-11-27-15-20(30)24(32)28-16-22(19)35-17/h4-7,17,19-20,22,27H,8-16H2,1-3H3,(H,28,32)(H,29,31)/t17-,19+,20-,22+/m0/s1. The van der Waals surface area contributed by atoms with Gasteiger partial charge in [-0.25, -0.2) is 0 Å². The third-order valence-electron chi connectivity index (χ3n) is 6.75. The van der Waals surface area contributed by atoms with E-state index in [1.807, 2.05) is 32.9 Å². The van der Waals surface area contributed by atoms with E-state index in [9.17, 15) is 14.4 Å². The number of rotatable bonds is 2. The molecule has 0 aliphatic carbocycles. The molecule has 2 fully saturated rings. The molecule has 4 rings (SSSR count). The summed E-state index contributed by atoms with van der Waals surface area (Å²) in [5, 5.41) is 9.36. The van der Waals surface area contributed by atoms with Gasteiger partial charge in [-0.1, -0.05) is 32.9 Å². The quantitative estimate of drug-likeness (QED) is 0.584. The number of nitrogens with zero attached hydrogens (tertiary/aromatic N) is 1. The molecule has 0 spiro atoms. The van der Waals surface area contributed by atoms with E-state index in [1.54, 1.807) is 17.0 Å². The Morgan fingerprint density at radius 1 is 1.14 bits per heavy atom. The molecule has 4 atom stereocenters. The van der Waals surface area contributed by atoms with E-state index in [4.69, 9.17) is 9.47 Å². The van der Waals surface area contributed by atoms with Gasteiger partial charge in [-0.3, -0.25) is 14.4 Å². The monoisotopic (exact) mass is 486 g/mol. The lowest BCUT2D eigenvalue weighted by Gasteiger charge is -2.39. The minimum atomic E-state index is -0.638. The van der Waals surface area contributed by atoms with Gasteiger partial charge in [0, 0.05) is 39.0 Å². The van der Waals surface area contributed by atoms with Crippen LogP contribution in [0.1, 0.15) is 56.8 Å². The van der Waals surface area contributed by atoms with Gasteiger partial charge < -0.3 is 30.3 Å². The summed E-state index contributed by atoms with van der Waals surface area (Å²) in [6, 6.07) is 6.37. The summed E-state index contributed by atoms with van der Waals surface area (Å²) >= 11 is 0. The smallest absolute Gasteiger partial charge is 0.258 e. The van der Waals surface area contributed by atoms with E-state index in [2.05, 4.69) is 16.0 Å². The highest BCUT2D eigenvalue weighted by Crippen LogP contribution is 2.26. The largest absolute Gasteiger partial charge is 0.493 e. The Morgan fingerprint density at radius 3 is 2.74 bits per heavy atom. The molecule has 9 nitrogen and oxygen atoms in total. The molecular weight excluding hydrogens is 448 g/mol. The second-order valence-corrected chi connectivity index (χ2v) is 10.9. The molecule has 0 aromatic heterocycles. The maximum atomic E-state index is 13.4. The molecule has 2 saturated heterocycles. The van der Waals surface area contributed by atoms with Gasteiger partial charge in [-0.05, 0) is 30.4 Å². The molecule has 9 heteroatoms. The highest BCUT2D eigenvalue weighted by molar-refractivity contribution is 6.00. The van der Waals surface area contributed by atoms with Crippen LogP contribution in [0.4, 0.5) is 0 Å². The van der Waals surface area contributed by atoms with Crippen molar-refractivity contribution < 1.29 is 23.9 Å². The number of benzene rings is 1. The van der Waals surface area contributed by atoms with Gasteiger partial charge in [0.2, 0.25) is 11.8 Å². The maximum absolute atomic E-state index is 13.4. The van der Waals surface area contributed by atoms with E-state index in [0.29, 0.717) is 50.4 Å². The van der Waals surface area contributed by atoms with Gasteiger partial charge in [0.25, 0.3) is 5.91 Å². The van der Waals surface area contributed by atoms with Gasteiger partial charge in [0.1, 0.15) is 11.8 Å². The van der Waals surface area contributed by atoms with Crippen LogP contribution in [0.3, 0.4) is 0 Å². The van der Waals surface area contributed by atoms with Crippen molar-refractivity contribution in [3.63, 3.8) is 0 Å². The molecule has 0 saturated carbocycles. The van der Waals surface area contributed by atoms with Crippen LogP contribution in [0, 0.1) is 5.41 Å². The van der Waals surface area contributed by atoms with Crippen molar-refractivity contribution in [1.29, 1.82) is 0 Å². The van der Waals surface area contributed by atoms with Crippen molar-refractivity contribution in [2.75, 3.05) is 32.8 Å². The molecule has 1 aromatic rings. The average molecular weight is 487 g/mol. The van der Waals surface area contributed by atoms with Gasteiger partial charge >= 0.3 is 0 Å². The van der Waals surface area contributed by atoms with Crippen molar-refractivity contribution in [2.24, 2.45) is 5.41 Å². The van der Waals surface area contributed by atoms with Crippen LogP contribution in [0.5, 0.6) is 5.75 Å². The lowest BCUT2D eigenvalue weighted by atomic mass is 9.91. The van der Waals surface area contributed by atoms with Crippen molar-refractivity contribution in [3.8, 4) is 5.75 Å². The highest BCUT2D eigenvalue weighted by Gasteiger charge is 2.37. The summed E-state index contributed by atoms with van der Waals surface area (Å²) in [5.74, 6) is 0.0741. The fourth-order valence-electron chi connectivity index (χ4n) is 4.99. The number of carbonyl (C=O) groups is 3. The van der Waals surface area contributed by atoms with E-state index in [-0.39, 0.29) is 47.9 Å². The molecule has 192 valence electrons. The first kappa shape index (κ1) is 25.4. The SMILES string of the molecule is CC(C)(C)CC(=O)N[C@@H]1CC[C@H]2CCOc3ccccc3C(=O)N3CCNC[C@H]3C(=O)NC[C@H]1O2. The molecule has 3 aliphatic heterocycles. The predicted octanol–water partition coefficient (Wildman–Crippen LogP) is 1.47. The van der Waals surface area contributed by atoms with Crippen LogP contribution >= 0.6 is 0 Å². The minimum Gasteiger partial charge on any atom is -0.493 e. The normalized spacial score (nSPS) is 28.0. The predicted molar refractivity (Wildman–Crippen MR) is 131 cm³/mol. The summed E-state index contributed by atoms with van der Waals surface area (Å²) in [4.78, 5) is 40.9. The van der Waals surface area contributed by atoms with Crippen LogP contribution < -0.4 is 20.7 Å². The zero-order valence-electron chi connectivity index (χ0n) is 21.0. The first-order valence-electron chi connectivity index (χ1n) is 12.7. The number of hydrogen-bond acceptors (Lipinski definition) is 6. The van der Waals surface area contributed by atoms with Gasteiger partial charge in [0.05, 0.1) is 30.4 Å². The molecule has 2 bridgehead atoms. The van der Waals surface area contributed by atoms with Crippen LogP contribution in [0.25, 0.3) is 0 Å². The van der Waals surface area contributed by atoms with E-state index < -0.39 is 6.04 Å². The van der Waals surface area contributed by atoms with Gasteiger partial charge in [-0.2, -0.15) is 0 Å². The molecule has 3 N–H and O–H groups in total. The summed E-state index contributed by atoms with van der Waals surface area (Å²) < 4.78 is 12.4. The summed E-state index contributed by atoms with van der Waals surface area (Å²) in [6.07, 6.45) is 2.24. The van der Waals surface area contributed by atoms with E-state index >= 15 is 0 Å². The van der Waals surface area contributed by atoms with Gasteiger partial charge in [-0.15, -0.1) is 0 Å². The molecule has 0 radical (unpaired) electrons. The number of para-hydroxylation sites is 1. The van der Waals surface area contributed by atoms with Crippen molar-refractivity contribution >= 4 is 17.7 Å². The Bertz CT molecular complexity index is 931. The van der Waals surface area contributed by atoms with Gasteiger partial charge in [0.15, 0.2) is 0 Å². The molecule has 1 aromatic carbocycles. The Morgan fingerprint density at radius 2 is 1.94 bits per heavy atom. The fraction of sp³-hybridized carbons (Fsp3) is 0.654. The molecule has 3 heterocycles. The number of carbonyl (C=O) groups excluding carboxylic acids is 3. The van der Waals surface area contributed by atoms with E-state index in [0.717, 1.165) is 12.8 Å². The number of amides is 3. The third-order valence-corrected chi connectivity index (χ3v) is 6.75. The van der Waals surface area contributed by atoms with Crippen LogP contribution in [0.15, 0.2) is 24.3 Å². The Balaban J connectivity index is 1.54. The molecule has 35 heavy (non-hydrogen) atoms. The number of piperazine rings is 1. The highest BCUT2D eigenvalue weighted by atomic mass is 16.5. The molecule has 3 amide bonds. The van der Waals surface area contributed by atoms with E-state index in [1.165, 1.54) is 0 Å². The summed E-state index contributed by atoms with van der Waals surface area (Å²) in [7, 11) is 0. The Hall–Kier alpha value is -2.65. The lowest BCUT2D eigenvalue weighted by Crippen LogP contribution is -2.61. The third kappa shape index (κ3) is 6.52. The van der Waals surface area contributed by atoms with Crippen LogP contribution in [-0.2, 0) is 14.3 Å². The van der Waals surface area contributed by atoms with Crippen molar-refractivity contribution in [2.45, 2.75) is 70.7 Å². The zero-order chi connectivity index (χ0) is 25.0. The zero-order valence-corrected chi connectivity index (χ0v) is 21.0. The topological polar surface area (TPSA) is 109 Å². The summed E-state index contributed by atoms with van der Waals surface area (Å²) in [5.41, 5.74) is 0.352. The minimum absolute atomic E-state index is 0.0107. The van der Waals surface area contributed by atoms with Crippen molar-refractivity contribution in [3.05, 3.63) is 29.8 Å². The summed E-state index contributed by atoms with van der Waals surface area (Å²) in [6.45, 7) is 8.21. The van der Waals surface area contributed by atoms with Crippen LogP contribution in [0.2, 0.25) is 0 Å². The molecule has 0 unspecified atom stereocenters. The number of ether oxygens (including phenoxy) is 2. The second kappa shape index (κ2) is 11.0. The second-order valence-electron chi connectivity index (χ2n) is 10.9. The number of hydrogen-bond donors (Lipinski definition) is 3. The average Bonchev–Trinajstić information content (AvgIpc) is 2.82. The van der Waals surface area contributed by atoms with Crippen molar-refractivity contribution in [1.82, 2.24) is 20.9 Å². The Kier molecular flexibility index (Phi) is 7.96. The maximum Gasteiger partial charge on any atom is 0.258 e. The number of nitrogens with one attached hydrogen (secondary N) is 3. The fourth-order valence-corrected chi connectivity index (χ4v) is 4.99. The molecule has 3 aliphatic rings. The first-order chi connectivity index (χ1) is 16.7. The molecular formula is C26H38N4O5. The van der Waals surface area contributed by atoms with Crippen LogP contribution in [-0.4, -0.2) is 79.7 Å². The number of fused-ring (bicyclic) bond motifs is 4.